The van der Waals surface area contributed by atoms with E-state index in [1.54, 1.807) is 0 Å². The lowest BCUT2D eigenvalue weighted by Gasteiger charge is -2.18. The maximum Gasteiger partial charge on any atom is -0.00256 e. The molecule has 33 heavy (non-hydrogen) atoms. The Labute approximate surface area is 194 Å². The van der Waals surface area contributed by atoms with Gasteiger partial charge in [-0.15, -0.1) is 0 Å². The molecule has 0 aliphatic rings. The SMILES string of the molecule is c1ccc(Cc2cccc(-c3c4ccccc4c(-c4ccccc4)c4ccccc34)c2)cc1. The summed E-state index contributed by atoms with van der Waals surface area (Å²) in [7, 11) is 0. The number of benzene rings is 6. The van der Waals surface area contributed by atoms with Gasteiger partial charge in [0.15, 0.2) is 0 Å². The molecule has 0 spiro atoms. The third-order valence-corrected chi connectivity index (χ3v) is 6.46. The zero-order valence-corrected chi connectivity index (χ0v) is 18.4. The highest BCUT2D eigenvalue weighted by Crippen LogP contribution is 2.43. The Hall–Kier alpha value is -4.16. The zero-order chi connectivity index (χ0) is 22.0. The van der Waals surface area contributed by atoms with Crippen LogP contribution in [0.4, 0.5) is 0 Å². The first-order chi connectivity index (χ1) is 16.4. The molecule has 0 heterocycles. The topological polar surface area (TPSA) is 0 Å². The monoisotopic (exact) mass is 420 g/mol. The van der Waals surface area contributed by atoms with Crippen LogP contribution in [0.5, 0.6) is 0 Å². The lowest BCUT2D eigenvalue weighted by molar-refractivity contribution is 1.19. The summed E-state index contributed by atoms with van der Waals surface area (Å²) in [6, 6.07) is 48.2. The maximum absolute atomic E-state index is 2.36. The van der Waals surface area contributed by atoms with Crippen molar-refractivity contribution in [3.63, 3.8) is 0 Å². The van der Waals surface area contributed by atoms with Crippen molar-refractivity contribution in [1.82, 2.24) is 0 Å². The molecule has 156 valence electrons. The Bertz CT molecular complexity index is 1500. The van der Waals surface area contributed by atoms with Gasteiger partial charge in [0.2, 0.25) is 0 Å². The minimum atomic E-state index is 0.937. The molecular weight excluding hydrogens is 396 g/mol. The van der Waals surface area contributed by atoms with E-state index in [1.807, 2.05) is 0 Å². The van der Waals surface area contributed by atoms with Gasteiger partial charge in [-0.25, -0.2) is 0 Å². The molecule has 6 aromatic carbocycles. The molecule has 0 fully saturated rings. The second kappa shape index (κ2) is 8.41. The van der Waals surface area contributed by atoms with E-state index in [-0.39, 0.29) is 0 Å². The lowest BCUT2D eigenvalue weighted by Crippen LogP contribution is -1.92. The highest BCUT2D eigenvalue weighted by Gasteiger charge is 2.16. The van der Waals surface area contributed by atoms with Gasteiger partial charge in [-0.1, -0.05) is 133 Å². The van der Waals surface area contributed by atoms with Crippen LogP contribution in [-0.4, -0.2) is 0 Å². The van der Waals surface area contributed by atoms with E-state index in [4.69, 9.17) is 0 Å². The molecule has 0 saturated carbocycles. The molecule has 0 unspecified atom stereocenters. The molecule has 0 aliphatic carbocycles. The van der Waals surface area contributed by atoms with Crippen LogP contribution < -0.4 is 0 Å². The van der Waals surface area contributed by atoms with Crippen molar-refractivity contribution in [2.45, 2.75) is 6.42 Å². The predicted octanol–water partition coefficient (Wildman–Crippen LogP) is 8.92. The fourth-order valence-electron chi connectivity index (χ4n) is 5.02. The maximum atomic E-state index is 2.36. The zero-order valence-electron chi connectivity index (χ0n) is 18.4. The van der Waals surface area contributed by atoms with E-state index in [0.29, 0.717) is 0 Å². The van der Waals surface area contributed by atoms with Crippen LogP contribution in [0.25, 0.3) is 43.8 Å². The molecule has 0 saturated heterocycles. The van der Waals surface area contributed by atoms with Crippen molar-refractivity contribution in [3.05, 3.63) is 145 Å². The van der Waals surface area contributed by atoms with Crippen molar-refractivity contribution in [3.8, 4) is 22.3 Å². The van der Waals surface area contributed by atoms with E-state index in [9.17, 15) is 0 Å². The molecule has 6 rings (SSSR count). The molecular formula is C33H24. The van der Waals surface area contributed by atoms with E-state index in [2.05, 4.69) is 133 Å². The first kappa shape index (κ1) is 19.5. The fourth-order valence-corrected chi connectivity index (χ4v) is 5.02. The van der Waals surface area contributed by atoms with Crippen molar-refractivity contribution in [2.75, 3.05) is 0 Å². The molecule has 0 nitrogen and oxygen atoms in total. The van der Waals surface area contributed by atoms with Gasteiger partial charge in [0, 0.05) is 0 Å². The van der Waals surface area contributed by atoms with Gasteiger partial charge in [-0.2, -0.15) is 0 Å². The standard InChI is InChI=1S/C33H24/c1-3-12-24(13-4-1)22-25-14-11-17-27(23-25)33-30-20-9-7-18-28(30)32(26-15-5-2-6-16-26)29-19-8-10-21-31(29)33/h1-21,23H,22H2. The van der Waals surface area contributed by atoms with Crippen LogP contribution in [0, 0.1) is 0 Å². The molecule has 0 aromatic heterocycles. The summed E-state index contributed by atoms with van der Waals surface area (Å²) in [6.07, 6.45) is 0.937. The van der Waals surface area contributed by atoms with Crippen LogP contribution in [0.15, 0.2) is 133 Å². The van der Waals surface area contributed by atoms with Gasteiger partial charge >= 0.3 is 0 Å². The van der Waals surface area contributed by atoms with Crippen molar-refractivity contribution in [1.29, 1.82) is 0 Å². The summed E-state index contributed by atoms with van der Waals surface area (Å²) >= 11 is 0. The third kappa shape index (κ3) is 3.60. The summed E-state index contributed by atoms with van der Waals surface area (Å²) in [5, 5.41) is 5.19. The van der Waals surface area contributed by atoms with Crippen LogP contribution >= 0.6 is 0 Å². The van der Waals surface area contributed by atoms with Crippen LogP contribution in [0.3, 0.4) is 0 Å². The van der Waals surface area contributed by atoms with E-state index in [0.717, 1.165) is 6.42 Å². The second-order valence-corrected chi connectivity index (χ2v) is 8.57. The average Bonchev–Trinajstić information content (AvgIpc) is 2.88. The first-order valence-corrected chi connectivity index (χ1v) is 11.5. The molecule has 0 N–H and O–H groups in total. The minimum absolute atomic E-state index is 0.937. The number of fused-ring (bicyclic) bond motifs is 2. The van der Waals surface area contributed by atoms with Gasteiger partial charge in [0.1, 0.15) is 0 Å². The van der Waals surface area contributed by atoms with Crippen LogP contribution in [-0.2, 0) is 6.42 Å². The summed E-state index contributed by atoms with van der Waals surface area (Å²) in [4.78, 5) is 0. The Morgan fingerprint density at radius 1 is 0.333 bits per heavy atom. The van der Waals surface area contributed by atoms with Crippen molar-refractivity contribution >= 4 is 21.5 Å². The van der Waals surface area contributed by atoms with Gasteiger partial charge in [0.05, 0.1) is 0 Å². The Morgan fingerprint density at radius 2 is 0.758 bits per heavy atom. The Kier molecular flexibility index (Phi) is 4.97. The summed E-state index contributed by atoms with van der Waals surface area (Å²) in [6.45, 7) is 0. The highest BCUT2D eigenvalue weighted by atomic mass is 14.2. The highest BCUT2D eigenvalue weighted by molar-refractivity contribution is 6.21. The van der Waals surface area contributed by atoms with Gasteiger partial charge in [0.25, 0.3) is 0 Å². The molecule has 0 bridgehead atoms. The largest absolute Gasteiger partial charge is 0.0622 e. The third-order valence-electron chi connectivity index (χ3n) is 6.46. The summed E-state index contributed by atoms with van der Waals surface area (Å²) in [5.74, 6) is 0. The molecule has 0 atom stereocenters. The quantitative estimate of drug-likeness (QED) is 0.250. The first-order valence-electron chi connectivity index (χ1n) is 11.5. The molecule has 0 aliphatic heterocycles. The molecule has 0 heteroatoms. The van der Waals surface area contributed by atoms with Crippen molar-refractivity contribution in [2.24, 2.45) is 0 Å². The second-order valence-electron chi connectivity index (χ2n) is 8.57. The van der Waals surface area contributed by atoms with E-state index >= 15 is 0 Å². The predicted molar refractivity (Wildman–Crippen MR) is 142 cm³/mol. The van der Waals surface area contributed by atoms with Gasteiger partial charge in [-0.3, -0.25) is 0 Å². The Morgan fingerprint density at radius 3 is 1.33 bits per heavy atom. The molecule has 0 amide bonds. The van der Waals surface area contributed by atoms with Crippen LogP contribution in [0.1, 0.15) is 11.1 Å². The van der Waals surface area contributed by atoms with E-state index in [1.165, 1.54) is 54.9 Å². The summed E-state index contributed by atoms with van der Waals surface area (Å²) in [5.41, 5.74) is 7.83. The Balaban J connectivity index is 1.63. The average molecular weight is 421 g/mol. The number of hydrogen-bond acceptors (Lipinski definition) is 0. The smallest absolute Gasteiger partial charge is 0.00256 e. The molecule has 0 radical (unpaired) electrons. The number of rotatable bonds is 4. The number of hydrogen-bond donors (Lipinski definition) is 0. The van der Waals surface area contributed by atoms with Crippen molar-refractivity contribution < 1.29 is 0 Å². The van der Waals surface area contributed by atoms with Crippen LogP contribution in [0.2, 0.25) is 0 Å². The summed E-state index contributed by atoms with van der Waals surface area (Å²) < 4.78 is 0. The van der Waals surface area contributed by atoms with Gasteiger partial charge in [-0.05, 0) is 61.3 Å². The normalized spacial score (nSPS) is 11.2. The lowest BCUT2D eigenvalue weighted by atomic mass is 9.85. The van der Waals surface area contributed by atoms with Gasteiger partial charge < -0.3 is 0 Å². The molecule has 6 aromatic rings. The minimum Gasteiger partial charge on any atom is -0.0622 e. The fraction of sp³-hybridized carbons (Fsp3) is 0.0303. The van der Waals surface area contributed by atoms with E-state index < -0.39 is 0 Å².